The van der Waals surface area contributed by atoms with Crippen molar-refractivity contribution >= 4 is 11.9 Å². The molecular weight excluding hydrogens is 468 g/mol. The molecule has 4 aliphatic carbocycles. The summed E-state index contributed by atoms with van der Waals surface area (Å²) in [6, 6.07) is -0.850. The Labute approximate surface area is 223 Å². The van der Waals surface area contributed by atoms with Crippen LogP contribution in [0.15, 0.2) is 0 Å². The summed E-state index contributed by atoms with van der Waals surface area (Å²) >= 11 is 0. The van der Waals surface area contributed by atoms with Crippen LogP contribution in [0.5, 0.6) is 0 Å². The molecule has 6 N–H and O–H groups in total. The molecule has 0 heterocycles. The van der Waals surface area contributed by atoms with Crippen molar-refractivity contribution in [3.63, 3.8) is 0 Å². The Morgan fingerprint density at radius 1 is 1.00 bits per heavy atom. The summed E-state index contributed by atoms with van der Waals surface area (Å²) in [7, 11) is 0. The summed E-state index contributed by atoms with van der Waals surface area (Å²) in [5.41, 5.74) is 5.62. The lowest BCUT2D eigenvalue weighted by Crippen LogP contribution is -2.58. The standard InChI is InChI=1S/C30H52N2O5/c1-18(7-12-27(35)32-25(28(36)37)6-4-5-15-31)22-10-11-23-21-9-8-19-16-20(33)13-14-29(19,2)24(21)17-26(34)30(22,23)3/h18-26,33-34H,4-17,31H2,1-3H3,(H,32,35)(H,36,37)/t18-,19-,20-,21+,22-,23+,24+,25?,26+,29+,30-/m1/s1. The van der Waals surface area contributed by atoms with E-state index in [1.807, 2.05) is 0 Å². The van der Waals surface area contributed by atoms with Crippen molar-refractivity contribution in [2.75, 3.05) is 6.54 Å². The van der Waals surface area contributed by atoms with E-state index in [-0.39, 0.29) is 28.9 Å². The van der Waals surface area contributed by atoms with Gasteiger partial charge in [-0.25, -0.2) is 4.79 Å². The first kappa shape index (κ1) is 28.8. The zero-order chi connectivity index (χ0) is 27.0. The van der Waals surface area contributed by atoms with Gasteiger partial charge in [-0.2, -0.15) is 0 Å². The average Bonchev–Trinajstić information content (AvgIpc) is 3.22. The normalized spacial score (nSPS) is 42.7. The Hall–Kier alpha value is -1.18. The Morgan fingerprint density at radius 2 is 1.76 bits per heavy atom. The molecule has 0 saturated heterocycles. The summed E-state index contributed by atoms with van der Waals surface area (Å²) in [6.45, 7) is 7.52. The van der Waals surface area contributed by atoms with Crippen molar-refractivity contribution in [3.05, 3.63) is 0 Å². The van der Waals surface area contributed by atoms with Crippen LogP contribution in [0.1, 0.15) is 104 Å². The predicted octanol–water partition coefficient (Wildman–Crippen LogP) is 4.09. The molecule has 0 spiro atoms. The molecule has 0 aromatic heterocycles. The molecule has 7 nitrogen and oxygen atoms in total. The van der Waals surface area contributed by atoms with E-state index in [0.29, 0.717) is 67.7 Å². The molecule has 0 aliphatic heterocycles. The maximum absolute atomic E-state index is 12.7. The van der Waals surface area contributed by atoms with Gasteiger partial charge in [0.2, 0.25) is 5.91 Å². The van der Waals surface area contributed by atoms with Crippen LogP contribution in [-0.4, -0.2) is 52.0 Å². The number of carbonyl (C=O) groups excluding carboxylic acids is 1. The third kappa shape index (κ3) is 5.47. The van der Waals surface area contributed by atoms with Gasteiger partial charge in [-0.1, -0.05) is 20.8 Å². The van der Waals surface area contributed by atoms with Gasteiger partial charge in [0.05, 0.1) is 12.2 Å². The second kappa shape index (κ2) is 11.5. The molecule has 0 radical (unpaired) electrons. The zero-order valence-electron chi connectivity index (χ0n) is 23.3. The molecule has 0 bridgehead atoms. The molecular formula is C30H52N2O5. The fourth-order valence-electron chi connectivity index (χ4n) is 9.74. The second-order valence-electron chi connectivity index (χ2n) is 13.6. The quantitative estimate of drug-likeness (QED) is 0.276. The molecule has 4 rings (SSSR count). The van der Waals surface area contributed by atoms with Crippen LogP contribution in [0.3, 0.4) is 0 Å². The topological polar surface area (TPSA) is 133 Å². The number of nitrogens with two attached hydrogens (primary N) is 1. The second-order valence-corrected chi connectivity index (χ2v) is 13.6. The number of unbranched alkanes of at least 4 members (excludes halogenated alkanes) is 1. The van der Waals surface area contributed by atoms with Gasteiger partial charge in [-0.3, -0.25) is 4.79 Å². The number of carbonyl (C=O) groups is 2. The number of amides is 1. The predicted molar refractivity (Wildman–Crippen MR) is 143 cm³/mol. The van der Waals surface area contributed by atoms with Crippen molar-refractivity contribution < 1.29 is 24.9 Å². The number of carboxylic acids is 1. The highest BCUT2D eigenvalue weighted by molar-refractivity contribution is 5.83. The lowest BCUT2D eigenvalue weighted by molar-refractivity contribution is -0.175. The van der Waals surface area contributed by atoms with E-state index >= 15 is 0 Å². The van der Waals surface area contributed by atoms with Crippen molar-refractivity contribution in [3.8, 4) is 0 Å². The van der Waals surface area contributed by atoms with Crippen LogP contribution in [0.2, 0.25) is 0 Å². The van der Waals surface area contributed by atoms with Crippen LogP contribution >= 0.6 is 0 Å². The minimum atomic E-state index is -0.986. The van der Waals surface area contributed by atoms with Crippen molar-refractivity contribution in [2.24, 2.45) is 52.1 Å². The number of hydrogen-bond donors (Lipinski definition) is 5. The summed E-state index contributed by atoms with van der Waals surface area (Å²) in [5, 5.41) is 34.2. The van der Waals surface area contributed by atoms with Gasteiger partial charge >= 0.3 is 5.97 Å². The molecule has 37 heavy (non-hydrogen) atoms. The van der Waals surface area contributed by atoms with Crippen LogP contribution < -0.4 is 11.1 Å². The SMILES string of the molecule is C[C@H](CCC(=O)NC(CCCCN)C(=O)O)[C@H]1CC[C@H]2[C@@H]3CC[C@@H]4C[C@H](O)CC[C@]4(C)[C@H]3C[C@H](O)[C@]12C. The highest BCUT2D eigenvalue weighted by Crippen LogP contribution is 2.68. The van der Waals surface area contributed by atoms with E-state index in [4.69, 9.17) is 5.73 Å². The minimum absolute atomic E-state index is 0.125. The lowest BCUT2D eigenvalue weighted by atomic mass is 9.43. The van der Waals surface area contributed by atoms with Gasteiger partial charge in [0.1, 0.15) is 6.04 Å². The van der Waals surface area contributed by atoms with Crippen molar-refractivity contribution in [2.45, 2.75) is 122 Å². The van der Waals surface area contributed by atoms with Gasteiger partial charge in [0.25, 0.3) is 0 Å². The molecule has 0 aromatic rings. The maximum atomic E-state index is 12.7. The van der Waals surface area contributed by atoms with E-state index < -0.39 is 12.0 Å². The highest BCUT2D eigenvalue weighted by atomic mass is 16.4. The van der Waals surface area contributed by atoms with Crippen LogP contribution in [0.25, 0.3) is 0 Å². The molecule has 1 amide bonds. The van der Waals surface area contributed by atoms with Gasteiger partial charge in [-0.15, -0.1) is 0 Å². The Morgan fingerprint density at radius 3 is 2.46 bits per heavy atom. The first-order chi connectivity index (χ1) is 17.5. The molecule has 7 heteroatoms. The van der Waals surface area contributed by atoms with Crippen LogP contribution in [-0.2, 0) is 9.59 Å². The fraction of sp³-hybridized carbons (Fsp3) is 0.933. The fourth-order valence-corrected chi connectivity index (χ4v) is 9.74. The third-order valence-electron chi connectivity index (χ3n) is 11.9. The molecule has 0 aromatic carbocycles. The number of carboxylic acid groups (broad SMARTS) is 1. The smallest absolute Gasteiger partial charge is 0.326 e. The zero-order valence-corrected chi connectivity index (χ0v) is 23.3. The molecule has 212 valence electrons. The average molecular weight is 521 g/mol. The number of fused-ring (bicyclic) bond motifs is 5. The van der Waals surface area contributed by atoms with Crippen LogP contribution in [0, 0.1) is 46.3 Å². The molecule has 4 saturated carbocycles. The summed E-state index contributed by atoms with van der Waals surface area (Å²) in [6.07, 6.45) is 10.8. The molecule has 4 aliphatic rings. The first-order valence-corrected chi connectivity index (χ1v) is 15.1. The largest absolute Gasteiger partial charge is 0.480 e. The first-order valence-electron chi connectivity index (χ1n) is 15.1. The monoisotopic (exact) mass is 520 g/mol. The number of aliphatic carboxylic acids is 1. The van der Waals surface area contributed by atoms with E-state index in [1.54, 1.807) is 0 Å². The van der Waals surface area contributed by atoms with E-state index in [1.165, 1.54) is 12.8 Å². The Bertz CT molecular complexity index is 822. The number of hydrogen-bond acceptors (Lipinski definition) is 5. The number of aliphatic hydroxyl groups excluding tert-OH is 2. The van der Waals surface area contributed by atoms with Gasteiger partial charge in [0, 0.05) is 6.42 Å². The Balaban J connectivity index is 1.37. The number of rotatable bonds is 10. The maximum Gasteiger partial charge on any atom is 0.326 e. The molecule has 11 atom stereocenters. The van der Waals surface area contributed by atoms with Gasteiger partial charge in [-0.05, 0) is 130 Å². The molecule has 4 fully saturated rings. The van der Waals surface area contributed by atoms with E-state index in [0.717, 1.165) is 44.9 Å². The minimum Gasteiger partial charge on any atom is -0.480 e. The van der Waals surface area contributed by atoms with Gasteiger partial charge in [0.15, 0.2) is 0 Å². The summed E-state index contributed by atoms with van der Waals surface area (Å²) in [4.78, 5) is 24.2. The van der Waals surface area contributed by atoms with E-state index in [9.17, 15) is 24.9 Å². The lowest BCUT2D eigenvalue weighted by Gasteiger charge is -2.62. The number of aliphatic hydroxyl groups is 2. The van der Waals surface area contributed by atoms with Crippen molar-refractivity contribution in [1.82, 2.24) is 5.32 Å². The van der Waals surface area contributed by atoms with Crippen molar-refractivity contribution in [1.29, 1.82) is 0 Å². The molecule has 1 unspecified atom stereocenters. The highest BCUT2D eigenvalue weighted by Gasteiger charge is 2.63. The summed E-state index contributed by atoms with van der Waals surface area (Å²) in [5.74, 6) is 1.78. The van der Waals surface area contributed by atoms with Crippen LogP contribution in [0.4, 0.5) is 0 Å². The van der Waals surface area contributed by atoms with E-state index in [2.05, 4.69) is 26.1 Å². The number of nitrogens with one attached hydrogen (secondary N) is 1. The van der Waals surface area contributed by atoms with Gasteiger partial charge < -0.3 is 26.4 Å². The summed E-state index contributed by atoms with van der Waals surface area (Å²) < 4.78 is 0. The third-order valence-corrected chi connectivity index (χ3v) is 11.9. The Kier molecular flexibility index (Phi) is 8.97.